The molecule has 2 heterocycles. The van der Waals surface area contributed by atoms with Gasteiger partial charge in [0, 0.05) is 73.9 Å². The molecule has 10 heteroatoms. The summed E-state index contributed by atoms with van der Waals surface area (Å²) in [5.74, 6) is -0.810. The predicted octanol–water partition coefficient (Wildman–Crippen LogP) is 7.42. The van der Waals surface area contributed by atoms with Crippen LogP contribution in [0.5, 0.6) is 0 Å². The molecule has 0 aromatic rings. The average molecular weight is 749 g/mol. The Morgan fingerprint density at radius 2 is 1.45 bits per heavy atom. The first-order chi connectivity index (χ1) is 23.2. The Balaban J connectivity index is 0.0000130. The van der Waals surface area contributed by atoms with Crippen molar-refractivity contribution in [1.29, 1.82) is 0 Å². The summed E-state index contributed by atoms with van der Waals surface area (Å²) < 4.78 is 12.7. The summed E-state index contributed by atoms with van der Waals surface area (Å²) in [5.41, 5.74) is -1.01. The minimum absolute atomic E-state index is 0. The van der Waals surface area contributed by atoms with Crippen LogP contribution in [0.3, 0.4) is 0 Å². The molecule has 2 saturated heterocycles. The van der Waals surface area contributed by atoms with Gasteiger partial charge in [-0.25, -0.2) is 0 Å². The SMILES string of the molecule is C[C@H](CCC(=O)O)C[C@H](C)C[C@H](C)C(=O)/C=C(\O)[C@H](C)C[C@H](C)C/C=C/[C@@H](C)[C@@H](O)[C@@H](C)[C@@H](O)C[C@@H]1CC[C@@](C)([C@H]2CC[C@@](C)([C@@H](C)O)O2)O1.[Ca]. The number of carbonyl (C=O) groups is 2. The molecule has 2 rings (SSSR count). The molecule has 292 valence electrons. The first kappa shape index (κ1) is 48.5. The number of aliphatic carboxylic acids is 1. The van der Waals surface area contributed by atoms with E-state index in [0.29, 0.717) is 25.7 Å². The Kier molecular flexibility index (Phi) is 21.1. The van der Waals surface area contributed by atoms with Gasteiger partial charge < -0.3 is 35.0 Å². The molecule has 2 aliphatic rings. The van der Waals surface area contributed by atoms with Gasteiger partial charge in [0.05, 0.1) is 47.5 Å². The fraction of sp³-hybridized carbons (Fsp3) is 0.854. The molecule has 0 bridgehead atoms. The van der Waals surface area contributed by atoms with Crippen LogP contribution in [-0.2, 0) is 19.1 Å². The summed E-state index contributed by atoms with van der Waals surface area (Å²) >= 11 is 0. The number of ketones is 1. The van der Waals surface area contributed by atoms with Gasteiger partial charge in [-0.15, -0.1) is 0 Å². The van der Waals surface area contributed by atoms with Crippen LogP contribution in [0.4, 0.5) is 0 Å². The van der Waals surface area contributed by atoms with E-state index in [4.69, 9.17) is 14.6 Å². The zero-order valence-corrected chi connectivity index (χ0v) is 35.7. The summed E-state index contributed by atoms with van der Waals surface area (Å²) in [6, 6.07) is 0. The van der Waals surface area contributed by atoms with Crippen LogP contribution in [0, 0.1) is 41.4 Å². The predicted molar refractivity (Wildman–Crippen MR) is 203 cm³/mol. The molecule has 51 heavy (non-hydrogen) atoms. The molecule has 2 aliphatic heterocycles. The molecule has 0 saturated carbocycles. The first-order valence-electron chi connectivity index (χ1n) is 19.4. The van der Waals surface area contributed by atoms with Crippen molar-refractivity contribution in [3.8, 4) is 0 Å². The van der Waals surface area contributed by atoms with Crippen LogP contribution in [0.2, 0.25) is 0 Å². The molecule has 0 aromatic carbocycles. The number of ether oxygens (including phenoxy) is 2. The van der Waals surface area contributed by atoms with Gasteiger partial charge in [-0.2, -0.15) is 0 Å². The fourth-order valence-electron chi connectivity index (χ4n) is 8.02. The van der Waals surface area contributed by atoms with Crippen molar-refractivity contribution >= 4 is 49.5 Å². The van der Waals surface area contributed by atoms with Crippen molar-refractivity contribution < 1.29 is 44.6 Å². The van der Waals surface area contributed by atoms with E-state index in [1.54, 1.807) is 6.92 Å². The van der Waals surface area contributed by atoms with Crippen molar-refractivity contribution in [1.82, 2.24) is 0 Å². The van der Waals surface area contributed by atoms with Crippen LogP contribution in [0.25, 0.3) is 0 Å². The second-order valence-corrected chi connectivity index (χ2v) is 17.1. The number of carbonyl (C=O) groups excluding carboxylic acids is 1. The van der Waals surface area contributed by atoms with Gasteiger partial charge in [0.2, 0.25) is 0 Å². The largest absolute Gasteiger partial charge is 0.512 e. The smallest absolute Gasteiger partial charge is 0.303 e. The molecular weight excluding hydrogens is 677 g/mol. The van der Waals surface area contributed by atoms with Crippen LogP contribution in [0.1, 0.15) is 140 Å². The zero-order chi connectivity index (χ0) is 38.0. The minimum Gasteiger partial charge on any atom is -0.512 e. The third-order valence-electron chi connectivity index (χ3n) is 11.9. The third-order valence-corrected chi connectivity index (χ3v) is 11.9. The zero-order valence-electron chi connectivity index (χ0n) is 33.5. The third kappa shape index (κ3) is 15.6. The minimum atomic E-state index is -0.781. The quantitative estimate of drug-likeness (QED) is 0.0330. The Morgan fingerprint density at radius 1 is 0.824 bits per heavy atom. The van der Waals surface area contributed by atoms with E-state index in [1.807, 2.05) is 40.7 Å². The molecule has 0 aliphatic carbocycles. The van der Waals surface area contributed by atoms with Gasteiger partial charge in [0.15, 0.2) is 5.78 Å². The van der Waals surface area contributed by atoms with Gasteiger partial charge in [-0.3, -0.25) is 9.59 Å². The summed E-state index contributed by atoms with van der Waals surface area (Å²) in [7, 11) is 0. The number of hydrogen-bond donors (Lipinski definition) is 5. The Morgan fingerprint density at radius 3 is 2.04 bits per heavy atom. The molecular formula is C41H72CaO9. The van der Waals surface area contributed by atoms with Crippen LogP contribution >= 0.6 is 0 Å². The van der Waals surface area contributed by atoms with Crippen molar-refractivity contribution in [3.63, 3.8) is 0 Å². The molecule has 9 nitrogen and oxygen atoms in total. The number of aliphatic hydroxyl groups is 4. The second kappa shape index (κ2) is 22.1. The van der Waals surface area contributed by atoms with E-state index in [1.165, 1.54) is 6.08 Å². The number of allylic oxidation sites excluding steroid dienone is 3. The van der Waals surface area contributed by atoms with E-state index in [2.05, 4.69) is 33.8 Å². The standard InChI is InChI=1S/C41H72O9.Ca/c1-25(21-29(5)34(43)24-35(44)30(6)22-27(3)20-26(2)14-15-38(46)47)12-11-13-28(4)39(48)31(7)36(45)23-33-16-18-41(10,49-33)37-17-19-40(9,50-37)32(8)42;/h11,13,24-33,36-37,39,42-43,45,48H,12,14-23H2,1-10H3,(H,46,47);/b13-11+,34-24-;/t25-,26-,27+,28-,29-,30+,31+,32-,33+,36+,37-,39-,40+,41+;/m1./s1. The van der Waals surface area contributed by atoms with Crippen molar-refractivity contribution in [2.75, 3.05) is 0 Å². The maximum absolute atomic E-state index is 12.8. The molecule has 2 radical (unpaired) electrons. The van der Waals surface area contributed by atoms with Crippen LogP contribution < -0.4 is 0 Å². The van der Waals surface area contributed by atoms with Crippen molar-refractivity contribution in [3.05, 3.63) is 24.0 Å². The second-order valence-electron chi connectivity index (χ2n) is 17.1. The topological polar surface area (TPSA) is 154 Å². The van der Waals surface area contributed by atoms with E-state index >= 15 is 0 Å². The Bertz CT molecular complexity index is 1130. The van der Waals surface area contributed by atoms with E-state index < -0.39 is 35.5 Å². The van der Waals surface area contributed by atoms with Crippen molar-refractivity contribution in [2.45, 2.75) is 182 Å². The molecule has 0 amide bonds. The number of carboxylic acids is 1. The summed E-state index contributed by atoms with van der Waals surface area (Å²) in [6.45, 7) is 19.7. The van der Waals surface area contributed by atoms with Gasteiger partial charge >= 0.3 is 5.97 Å². The fourth-order valence-corrected chi connectivity index (χ4v) is 8.02. The van der Waals surface area contributed by atoms with Gasteiger partial charge in [0.25, 0.3) is 0 Å². The number of carboxylic acid groups (broad SMARTS) is 1. The Labute approximate surface area is 339 Å². The molecule has 5 N–H and O–H groups in total. The number of aliphatic hydroxyl groups excluding tert-OH is 4. The molecule has 2 fully saturated rings. The summed E-state index contributed by atoms with van der Waals surface area (Å²) in [5, 5.41) is 51.9. The normalized spacial score (nSPS) is 30.1. The summed E-state index contributed by atoms with van der Waals surface area (Å²) in [6.07, 6.45) is 10.8. The number of rotatable bonds is 22. The molecule has 14 atom stereocenters. The van der Waals surface area contributed by atoms with Crippen LogP contribution in [0.15, 0.2) is 24.0 Å². The summed E-state index contributed by atoms with van der Waals surface area (Å²) in [4.78, 5) is 23.7. The van der Waals surface area contributed by atoms with Crippen LogP contribution in [-0.4, -0.2) is 117 Å². The maximum atomic E-state index is 12.8. The van der Waals surface area contributed by atoms with Gasteiger partial charge in [-0.05, 0) is 103 Å². The monoisotopic (exact) mass is 748 g/mol. The molecule has 0 unspecified atom stereocenters. The van der Waals surface area contributed by atoms with Gasteiger partial charge in [-0.1, -0.05) is 60.6 Å². The molecule has 0 spiro atoms. The van der Waals surface area contributed by atoms with E-state index in [0.717, 1.165) is 38.5 Å². The van der Waals surface area contributed by atoms with E-state index in [-0.39, 0.29) is 109 Å². The maximum Gasteiger partial charge on any atom is 0.303 e. The Hall–Kier alpha value is -0.520. The first-order valence-corrected chi connectivity index (χ1v) is 19.4. The van der Waals surface area contributed by atoms with Crippen molar-refractivity contribution in [2.24, 2.45) is 41.4 Å². The van der Waals surface area contributed by atoms with Gasteiger partial charge in [0.1, 0.15) is 0 Å². The van der Waals surface area contributed by atoms with E-state index in [9.17, 15) is 30.0 Å². The molecule has 0 aromatic heterocycles. The average Bonchev–Trinajstić information content (AvgIpc) is 3.63. The number of hydrogen-bond acceptors (Lipinski definition) is 8.